The SMILES string of the molecule is C=CCN(CC=C)S(=O)(=O)CC1(O)C2CCC1(Br)C1C=CC2C1. The van der Waals surface area contributed by atoms with Crippen molar-refractivity contribution in [2.45, 2.75) is 29.2 Å². The summed E-state index contributed by atoms with van der Waals surface area (Å²) in [5, 5.41) is 11.5. The number of alkyl halides is 1. The summed E-state index contributed by atoms with van der Waals surface area (Å²) in [7, 11) is -3.60. The van der Waals surface area contributed by atoms with Crippen LogP contribution >= 0.6 is 15.9 Å². The molecule has 0 aromatic heterocycles. The number of nitrogens with zero attached hydrogens (tertiary/aromatic N) is 1. The first-order valence-electron chi connectivity index (χ1n) is 8.08. The smallest absolute Gasteiger partial charge is 0.217 e. The molecular weight excluding hydrogens is 378 g/mol. The summed E-state index contributed by atoms with van der Waals surface area (Å²) in [6.45, 7) is 7.72. The monoisotopic (exact) mass is 401 g/mol. The highest BCUT2D eigenvalue weighted by Gasteiger charge is 2.68. The fraction of sp³-hybridized carbons (Fsp3) is 0.647. The lowest BCUT2D eigenvalue weighted by Crippen LogP contribution is -2.61. The van der Waals surface area contributed by atoms with Gasteiger partial charge in [-0.2, -0.15) is 4.31 Å². The molecule has 0 aliphatic heterocycles. The summed E-state index contributed by atoms with van der Waals surface area (Å²) < 4.78 is 26.6. The molecule has 128 valence electrons. The van der Waals surface area contributed by atoms with Crippen LogP contribution in [0.1, 0.15) is 19.3 Å². The summed E-state index contributed by atoms with van der Waals surface area (Å²) in [5.74, 6) is 0.257. The van der Waals surface area contributed by atoms with Crippen LogP contribution in [0.25, 0.3) is 0 Å². The maximum absolute atomic E-state index is 12.9. The second-order valence-corrected chi connectivity index (χ2v) is 10.4. The summed E-state index contributed by atoms with van der Waals surface area (Å²) in [6, 6.07) is 0. The van der Waals surface area contributed by atoms with Gasteiger partial charge in [-0.25, -0.2) is 8.42 Å². The maximum Gasteiger partial charge on any atom is 0.217 e. The zero-order valence-electron chi connectivity index (χ0n) is 13.2. The molecule has 0 heterocycles. The molecule has 0 aromatic rings. The van der Waals surface area contributed by atoms with E-state index in [0.29, 0.717) is 5.92 Å². The van der Waals surface area contributed by atoms with Crippen LogP contribution in [-0.4, -0.2) is 46.6 Å². The number of hydrogen-bond acceptors (Lipinski definition) is 3. The van der Waals surface area contributed by atoms with Gasteiger partial charge in [-0.15, -0.1) is 13.2 Å². The third-order valence-corrected chi connectivity index (χ3v) is 9.40. The van der Waals surface area contributed by atoms with Crippen molar-refractivity contribution in [2.75, 3.05) is 18.8 Å². The Morgan fingerprint density at radius 3 is 2.57 bits per heavy atom. The predicted molar refractivity (Wildman–Crippen MR) is 95.8 cm³/mol. The largest absolute Gasteiger partial charge is 0.387 e. The second kappa shape index (κ2) is 5.83. The minimum Gasteiger partial charge on any atom is -0.387 e. The molecule has 0 aromatic carbocycles. The molecule has 0 amide bonds. The summed E-state index contributed by atoms with van der Waals surface area (Å²) in [4.78, 5) is 0. The molecule has 0 radical (unpaired) electrons. The van der Waals surface area contributed by atoms with Crippen LogP contribution in [0.5, 0.6) is 0 Å². The van der Waals surface area contributed by atoms with Gasteiger partial charge in [0.05, 0.1) is 15.7 Å². The van der Waals surface area contributed by atoms with Gasteiger partial charge < -0.3 is 5.11 Å². The van der Waals surface area contributed by atoms with Gasteiger partial charge in [-0.1, -0.05) is 40.2 Å². The minimum absolute atomic E-state index is 0.000891. The molecular formula is C17H24BrNO3S. The number of rotatable bonds is 7. The molecule has 0 spiro atoms. The van der Waals surface area contributed by atoms with Crippen molar-refractivity contribution >= 4 is 26.0 Å². The number of sulfonamides is 1. The van der Waals surface area contributed by atoms with Crippen molar-refractivity contribution in [3.63, 3.8) is 0 Å². The molecule has 3 aliphatic carbocycles. The van der Waals surface area contributed by atoms with E-state index in [0.717, 1.165) is 19.3 Å². The highest BCUT2D eigenvalue weighted by atomic mass is 79.9. The fourth-order valence-corrected chi connectivity index (χ4v) is 7.82. The molecule has 5 unspecified atom stereocenters. The first-order valence-corrected chi connectivity index (χ1v) is 10.5. The molecule has 6 heteroatoms. The van der Waals surface area contributed by atoms with E-state index in [2.05, 4.69) is 41.2 Å². The number of hydrogen-bond donors (Lipinski definition) is 1. The zero-order valence-corrected chi connectivity index (χ0v) is 15.6. The molecule has 2 saturated carbocycles. The third-order valence-electron chi connectivity index (χ3n) is 5.83. The van der Waals surface area contributed by atoms with Crippen molar-refractivity contribution in [3.05, 3.63) is 37.5 Å². The number of fused-ring (bicyclic) bond motifs is 6. The molecule has 4 nitrogen and oxygen atoms in total. The van der Waals surface area contributed by atoms with E-state index in [1.165, 1.54) is 4.31 Å². The predicted octanol–water partition coefficient (Wildman–Crippen LogP) is 2.47. The van der Waals surface area contributed by atoms with Crippen LogP contribution in [0.3, 0.4) is 0 Å². The van der Waals surface area contributed by atoms with E-state index in [1.807, 2.05) is 0 Å². The van der Waals surface area contributed by atoms with Crippen molar-refractivity contribution in [1.29, 1.82) is 0 Å². The van der Waals surface area contributed by atoms with E-state index < -0.39 is 19.9 Å². The van der Waals surface area contributed by atoms with E-state index in [-0.39, 0.29) is 30.7 Å². The van der Waals surface area contributed by atoms with Gasteiger partial charge in [-0.05, 0) is 37.0 Å². The first kappa shape index (κ1) is 17.4. The van der Waals surface area contributed by atoms with Gasteiger partial charge in [0, 0.05) is 13.1 Å². The van der Waals surface area contributed by atoms with Crippen LogP contribution < -0.4 is 0 Å². The van der Waals surface area contributed by atoms with Gasteiger partial charge in [0.25, 0.3) is 0 Å². The van der Waals surface area contributed by atoms with Crippen LogP contribution in [-0.2, 0) is 10.0 Å². The highest BCUT2D eigenvalue weighted by molar-refractivity contribution is 9.10. The molecule has 4 bridgehead atoms. The minimum atomic E-state index is -3.60. The van der Waals surface area contributed by atoms with Gasteiger partial charge in [0.15, 0.2) is 0 Å². The quantitative estimate of drug-likeness (QED) is 0.526. The second-order valence-electron chi connectivity index (χ2n) is 6.97. The Bertz CT molecular complexity index is 636. The molecule has 5 atom stereocenters. The van der Waals surface area contributed by atoms with E-state index >= 15 is 0 Å². The normalized spacial score (nSPS) is 41.4. The molecule has 3 rings (SSSR count). The maximum atomic E-state index is 12.9. The lowest BCUT2D eigenvalue weighted by atomic mass is 9.68. The highest BCUT2D eigenvalue weighted by Crippen LogP contribution is 2.64. The average Bonchev–Trinajstić information content (AvgIpc) is 2.97. The molecule has 3 aliphatic rings. The number of allylic oxidation sites excluding steroid dienone is 2. The van der Waals surface area contributed by atoms with Crippen LogP contribution in [0.2, 0.25) is 0 Å². The average molecular weight is 402 g/mol. The molecule has 2 fully saturated rings. The Balaban J connectivity index is 1.92. The first-order chi connectivity index (χ1) is 10.8. The fourth-order valence-electron chi connectivity index (χ4n) is 4.75. The topological polar surface area (TPSA) is 57.6 Å². The van der Waals surface area contributed by atoms with Crippen molar-refractivity contribution in [3.8, 4) is 0 Å². The van der Waals surface area contributed by atoms with Gasteiger partial charge in [-0.3, -0.25) is 0 Å². The van der Waals surface area contributed by atoms with E-state index in [1.54, 1.807) is 12.2 Å². The van der Waals surface area contributed by atoms with Gasteiger partial charge in [0.2, 0.25) is 10.0 Å². The van der Waals surface area contributed by atoms with E-state index in [4.69, 9.17) is 0 Å². The van der Waals surface area contributed by atoms with Gasteiger partial charge >= 0.3 is 0 Å². The van der Waals surface area contributed by atoms with Crippen molar-refractivity contribution in [1.82, 2.24) is 4.31 Å². The summed E-state index contributed by atoms with van der Waals surface area (Å²) in [5.41, 5.74) is -1.23. The van der Waals surface area contributed by atoms with E-state index in [9.17, 15) is 13.5 Å². The summed E-state index contributed by atoms with van der Waals surface area (Å²) >= 11 is 3.77. The van der Waals surface area contributed by atoms with Crippen molar-refractivity contribution in [2.24, 2.45) is 17.8 Å². The van der Waals surface area contributed by atoms with Crippen LogP contribution in [0.4, 0.5) is 0 Å². The standard InChI is InChI=1S/C17H24BrNO3S/c1-3-9-19(10-4-2)23(21,22)12-17(20)15-7-8-16(17,18)14-6-5-13(15)11-14/h3-6,13-15,20H,1-2,7-12H2. The Morgan fingerprint density at radius 2 is 1.96 bits per heavy atom. The molecule has 23 heavy (non-hydrogen) atoms. The lowest BCUT2D eigenvalue weighted by Gasteiger charge is -2.49. The third kappa shape index (κ3) is 2.49. The number of aliphatic hydroxyl groups is 1. The Kier molecular flexibility index (Phi) is 4.41. The summed E-state index contributed by atoms with van der Waals surface area (Å²) in [6.07, 6.45) is 10.2. The molecule has 1 N–H and O–H groups in total. The van der Waals surface area contributed by atoms with Crippen molar-refractivity contribution < 1.29 is 13.5 Å². The zero-order chi connectivity index (χ0) is 16.9. The Hall–Kier alpha value is -0.430. The van der Waals surface area contributed by atoms with Crippen LogP contribution in [0.15, 0.2) is 37.5 Å². The Labute approximate surface area is 147 Å². The lowest BCUT2D eigenvalue weighted by molar-refractivity contribution is -0.0462. The Morgan fingerprint density at radius 1 is 1.30 bits per heavy atom. The number of halogens is 1. The van der Waals surface area contributed by atoms with Gasteiger partial charge in [0.1, 0.15) is 0 Å². The molecule has 0 saturated heterocycles. The van der Waals surface area contributed by atoms with Crippen LogP contribution in [0, 0.1) is 17.8 Å².